The number of hydrogen-bond donors (Lipinski definition) is 0. The van der Waals surface area contributed by atoms with E-state index in [0.717, 1.165) is 24.8 Å². The van der Waals surface area contributed by atoms with Gasteiger partial charge in [0.1, 0.15) is 0 Å². The van der Waals surface area contributed by atoms with Gasteiger partial charge in [-0.05, 0) is 25.8 Å². The first-order chi connectivity index (χ1) is 4.66. The Labute approximate surface area is 62.4 Å². The topological polar surface area (TPSA) is 0 Å². The fraction of sp³-hybridized carbons (Fsp3) is 0.556. The molecule has 0 heterocycles. The molecule has 0 bridgehead atoms. The van der Waals surface area contributed by atoms with E-state index in [-0.39, 0.29) is 5.83 Å². The minimum atomic E-state index is -0.152. The van der Waals surface area contributed by atoms with Gasteiger partial charge < -0.3 is 0 Å². The minimum Gasteiger partial charge on any atom is -0.212 e. The van der Waals surface area contributed by atoms with Crippen LogP contribution in [0.3, 0.4) is 0 Å². The van der Waals surface area contributed by atoms with Crippen LogP contribution in [0, 0.1) is 0 Å². The average Bonchev–Trinajstić information content (AvgIpc) is 1.82. The smallest absolute Gasteiger partial charge is 0.0971 e. The van der Waals surface area contributed by atoms with Crippen molar-refractivity contribution in [1.29, 1.82) is 0 Å². The lowest BCUT2D eigenvalue weighted by Crippen LogP contribution is -1.76. The monoisotopic (exact) mass is 142 g/mol. The van der Waals surface area contributed by atoms with Crippen LogP contribution in [0.5, 0.6) is 0 Å². The van der Waals surface area contributed by atoms with Crippen LogP contribution in [0.1, 0.15) is 33.1 Å². The Morgan fingerprint density at radius 1 is 1.60 bits per heavy atom. The van der Waals surface area contributed by atoms with Gasteiger partial charge in [-0.2, -0.15) is 0 Å². The molecule has 0 amide bonds. The first kappa shape index (κ1) is 9.41. The van der Waals surface area contributed by atoms with Gasteiger partial charge in [-0.1, -0.05) is 25.5 Å². The van der Waals surface area contributed by atoms with Crippen molar-refractivity contribution in [3.8, 4) is 0 Å². The second-order valence-corrected chi connectivity index (χ2v) is 2.49. The minimum absolute atomic E-state index is 0.152. The van der Waals surface area contributed by atoms with Gasteiger partial charge in [-0.3, -0.25) is 0 Å². The average molecular weight is 142 g/mol. The summed E-state index contributed by atoms with van der Waals surface area (Å²) in [5.41, 5.74) is 0.891. The van der Waals surface area contributed by atoms with Crippen LogP contribution >= 0.6 is 0 Å². The Hall–Kier alpha value is -0.590. The lowest BCUT2D eigenvalue weighted by molar-refractivity contribution is 0.637. The summed E-state index contributed by atoms with van der Waals surface area (Å²) in [4.78, 5) is 0. The lowest BCUT2D eigenvalue weighted by Gasteiger charge is -1.96. The van der Waals surface area contributed by atoms with E-state index in [1.807, 2.05) is 0 Å². The summed E-state index contributed by atoms with van der Waals surface area (Å²) in [6.45, 7) is 7.27. The van der Waals surface area contributed by atoms with E-state index < -0.39 is 0 Å². The second kappa shape index (κ2) is 5.21. The third-order valence-electron chi connectivity index (χ3n) is 1.25. The second-order valence-electron chi connectivity index (χ2n) is 2.49. The van der Waals surface area contributed by atoms with Crippen LogP contribution in [0.15, 0.2) is 24.1 Å². The van der Waals surface area contributed by atoms with E-state index in [9.17, 15) is 4.39 Å². The van der Waals surface area contributed by atoms with Crippen molar-refractivity contribution < 1.29 is 4.39 Å². The van der Waals surface area contributed by atoms with E-state index in [1.54, 1.807) is 0 Å². The van der Waals surface area contributed by atoms with E-state index >= 15 is 0 Å². The van der Waals surface area contributed by atoms with Gasteiger partial charge in [0, 0.05) is 0 Å². The Balaban J connectivity index is 3.54. The molecule has 0 N–H and O–H groups in total. The fourth-order valence-corrected chi connectivity index (χ4v) is 0.757. The van der Waals surface area contributed by atoms with E-state index in [2.05, 4.69) is 13.5 Å². The molecule has 0 aromatic heterocycles. The molecule has 1 heteroatoms. The SMILES string of the molecule is C=C(C=C(C)F)CCCC. The highest BCUT2D eigenvalue weighted by Gasteiger charge is 1.89. The molecule has 10 heavy (non-hydrogen) atoms. The van der Waals surface area contributed by atoms with Gasteiger partial charge in [0.05, 0.1) is 5.83 Å². The molecule has 0 aromatic carbocycles. The molecule has 0 spiro atoms. The molecule has 0 aromatic rings. The molecule has 0 nitrogen and oxygen atoms in total. The van der Waals surface area contributed by atoms with Crippen LogP contribution in [0.4, 0.5) is 4.39 Å². The molecule has 0 atom stereocenters. The van der Waals surface area contributed by atoms with Crippen LogP contribution in [0.2, 0.25) is 0 Å². The quantitative estimate of drug-likeness (QED) is 0.526. The molecule has 0 unspecified atom stereocenters. The van der Waals surface area contributed by atoms with Gasteiger partial charge in [0.2, 0.25) is 0 Å². The van der Waals surface area contributed by atoms with E-state index in [4.69, 9.17) is 0 Å². The number of halogens is 1. The maximum absolute atomic E-state index is 12.2. The van der Waals surface area contributed by atoms with Crippen molar-refractivity contribution in [1.82, 2.24) is 0 Å². The Bertz CT molecular complexity index is 130. The van der Waals surface area contributed by atoms with Crippen molar-refractivity contribution in [2.45, 2.75) is 33.1 Å². The number of allylic oxidation sites excluding steroid dienone is 3. The van der Waals surface area contributed by atoms with Gasteiger partial charge in [0.25, 0.3) is 0 Å². The molecule has 0 fully saturated rings. The molecule has 0 aliphatic rings. The Morgan fingerprint density at radius 3 is 2.60 bits per heavy atom. The zero-order chi connectivity index (χ0) is 7.98. The molecule has 0 rings (SSSR count). The number of unbranched alkanes of at least 4 members (excludes halogenated alkanes) is 1. The van der Waals surface area contributed by atoms with Gasteiger partial charge in [0.15, 0.2) is 0 Å². The zero-order valence-electron chi connectivity index (χ0n) is 6.78. The van der Waals surface area contributed by atoms with Crippen molar-refractivity contribution >= 4 is 0 Å². The first-order valence-electron chi connectivity index (χ1n) is 3.68. The highest BCUT2D eigenvalue weighted by molar-refractivity contribution is 5.15. The van der Waals surface area contributed by atoms with Crippen LogP contribution < -0.4 is 0 Å². The third kappa shape index (κ3) is 5.54. The predicted octanol–water partition coefficient (Wildman–Crippen LogP) is 3.61. The summed E-state index contributed by atoms with van der Waals surface area (Å²) in [6, 6.07) is 0. The van der Waals surface area contributed by atoms with Crippen molar-refractivity contribution in [2.75, 3.05) is 0 Å². The lowest BCUT2D eigenvalue weighted by atomic mass is 10.1. The Kier molecular flexibility index (Phi) is 4.91. The summed E-state index contributed by atoms with van der Waals surface area (Å²) in [7, 11) is 0. The molecular weight excluding hydrogens is 127 g/mol. The molecule has 0 radical (unpaired) electrons. The molecular formula is C9H15F. The van der Waals surface area contributed by atoms with Gasteiger partial charge in [-0.25, -0.2) is 4.39 Å². The highest BCUT2D eigenvalue weighted by Crippen LogP contribution is 2.08. The van der Waals surface area contributed by atoms with Crippen molar-refractivity contribution in [3.05, 3.63) is 24.1 Å². The van der Waals surface area contributed by atoms with Crippen molar-refractivity contribution in [2.24, 2.45) is 0 Å². The standard InChI is InChI=1S/C9H15F/c1-4-5-6-8(2)7-9(3)10/h7H,2,4-6H2,1,3H3. The molecule has 0 saturated carbocycles. The summed E-state index contributed by atoms with van der Waals surface area (Å²) >= 11 is 0. The summed E-state index contributed by atoms with van der Waals surface area (Å²) in [5.74, 6) is -0.152. The van der Waals surface area contributed by atoms with Crippen LogP contribution in [-0.4, -0.2) is 0 Å². The molecule has 0 aliphatic heterocycles. The predicted molar refractivity (Wildman–Crippen MR) is 43.5 cm³/mol. The van der Waals surface area contributed by atoms with Crippen LogP contribution in [0.25, 0.3) is 0 Å². The zero-order valence-corrected chi connectivity index (χ0v) is 6.78. The number of hydrogen-bond acceptors (Lipinski definition) is 0. The summed E-state index contributed by atoms with van der Waals surface area (Å²) in [5, 5.41) is 0. The van der Waals surface area contributed by atoms with E-state index in [1.165, 1.54) is 13.0 Å². The van der Waals surface area contributed by atoms with Crippen molar-refractivity contribution in [3.63, 3.8) is 0 Å². The summed E-state index contributed by atoms with van der Waals surface area (Å²) in [6.07, 6.45) is 4.65. The van der Waals surface area contributed by atoms with Gasteiger partial charge >= 0.3 is 0 Å². The first-order valence-corrected chi connectivity index (χ1v) is 3.68. The highest BCUT2D eigenvalue weighted by atomic mass is 19.1. The molecule has 58 valence electrons. The third-order valence-corrected chi connectivity index (χ3v) is 1.25. The fourth-order valence-electron chi connectivity index (χ4n) is 0.757. The van der Waals surface area contributed by atoms with E-state index in [0.29, 0.717) is 0 Å². The largest absolute Gasteiger partial charge is 0.212 e. The molecule has 0 saturated heterocycles. The number of rotatable bonds is 4. The maximum Gasteiger partial charge on any atom is 0.0971 e. The Morgan fingerprint density at radius 2 is 2.20 bits per heavy atom. The summed E-state index contributed by atoms with van der Waals surface area (Å²) < 4.78 is 12.2. The normalized spacial score (nSPS) is 11.7. The van der Waals surface area contributed by atoms with Gasteiger partial charge in [-0.15, -0.1) is 0 Å². The maximum atomic E-state index is 12.2. The van der Waals surface area contributed by atoms with Crippen LogP contribution in [-0.2, 0) is 0 Å². The molecule has 0 aliphatic carbocycles.